The smallest absolute Gasteiger partial charge is 0.0614 e. The van der Waals surface area contributed by atoms with E-state index in [0.29, 0.717) is 12.1 Å². The van der Waals surface area contributed by atoms with Crippen molar-refractivity contribution in [2.45, 2.75) is 81.9 Å². The molecule has 0 radical (unpaired) electrons. The number of aliphatic hydroxyl groups is 1. The molecule has 2 aliphatic carbocycles. The molecule has 2 saturated carbocycles. The summed E-state index contributed by atoms with van der Waals surface area (Å²) in [4.78, 5) is 0. The van der Waals surface area contributed by atoms with Gasteiger partial charge in [-0.2, -0.15) is 0 Å². The van der Waals surface area contributed by atoms with E-state index < -0.39 is 0 Å². The minimum absolute atomic E-state index is 0.0755. The first kappa shape index (κ1) is 14.3. The highest BCUT2D eigenvalue weighted by atomic mass is 16.5. The van der Waals surface area contributed by atoms with E-state index in [9.17, 15) is 5.11 Å². The summed E-state index contributed by atoms with van der Waals surface area (Å²) in [6.07, 6.45) is 12.7. The fourth-order valence-corrected chi connectivity index (χ4v) is 3.69. The van der Waals surface area contributed by atoms with Gasteiger partial charge >= 0.3 is 0 Å². The Morgan fingerprint density at radius 3 is 2.44 bits per heavy atom. The molecule has 2 rings (SSSR count). The Bertz CT molecular complexity index is 239. The number of nitrogens with one attached hydrogen (secondary N) is 1. The van der Waals surface area contributed by atoms with E-state index in [1.165, 1.54) is 44.9 Å². The second-order valence-electron chi connectivity index (χ2n) is 6.23. The summed E-state index contributed by atoms with van der Waals surface area (Å²) in [5, 5.41) is 13.6. The highest BCUT2D eigenvalue weighted by molar-refractivity contribution is 4.96. The van der Waals surface area contributed by atoms with Crippen LogP contribution in [-0.4, -0.2) is 36.5 Å². The number of ether oxygens (including phenoxy) is 1. The topological polar surface area (TPSA) is 41.5 Å². The van der Waals surface area contributed by atoms with Crippen molar-refractivity contribution in [1.82, 2.24) is 5.32 Å². The minimum atomic E-state index is -0.0755. The standard InChI is InChI=1S/C15H29NO2/c1-18-14-9-6-10-15(11-14,12-17)16-13-7-4-2-3-5-8-13/h13-14,16-17H,2-12H2,1H3. The number of aliphatic hydroxyl groups excluding tert-OH is 1. The molecule has 2 unspecified atom stereocenters. The molecule has 2 aliphatic rings. The average Bonchev–Trinajstić information content (AvgIpc) is 2.67. The second kappa shape index (κ2) is 6.88. The van der Waals surface area contributed by atoms with E-state index in [2.05, 4.69) is 5.32 Å². The van der Waals surface area contributed by atoms with Crippen LogP contribution >= 0.6 is 0 Å². The van der Waals surface area contributed by atoms with Crippen LogP contribution in [0.2, 0.25) is 0 Å². The average molecular weight is 255 g/mol. The van der Waals surface area contributed by atoms with Gasteiger partial charge in [-0.1, -0.05) is 25.7 Å². The summed E-state index contributed by atoms with van der Waals surface area (Å²) in [7, 11) is 1.80. The summed E-state index contributed by atoms with van der Waals surface area (Å²) < 4.78 is 5.51. The van der Waals surface area contributed by atoms with Crippen molar-refractivity contribution in [2.24, 2.45) is 0 Å². The van der Waals surface area contributed by atoms with Gasteiger partial charge in [-0.15, -0.1) is 0 Å². The first-order valence-corrected chi connectivity index (χ1v) is 7.69. The van der Waals surface area contributed by atoms with Crippen molar-refractivity contribution in [2.75, 3.05) is 13.7 Å². The van der Waals surface area contributed by atoms with Gasteiger partial charge in [-0.05, 0) is 38.5 Å². The summed E-state index contributed by atoms with van der Waals surface area (Å²) in [6, 6.07) is 0.607. The van der Waals surface area contributed by atoms with Crippen LogP contribution in [0, 0.1) is 0 Å². The summed E-state index contributed by atoms with van der Waals surface area (Å²) in [5.41, 5.74) is -0.0755. The molecule has 0 bridgehead atoms. The molecular formula is C15H29NO2. The molecule has 0 aliphatic heterocycles. The molecule has 0 aromatic rings. The SMILES string of the molecule is COC1CCCC(CO)(NC2CCCCCC2)C1. The van der Waals surface area contributed by atoms with Crippen molar-refractivity contribution in [1.29, 1.82) is 0 Å². The van der Waals surface area contributed by atoms with E-state index in [-0.39, 0.29) is 12.1 Å². The van der Waals surface area contributed by atoms with Crippen LogP contribution in [0.1, 0.15) is 64.2 Å². The van der Waals surface area contributed by atoms with Gasteiger partial charge in [-0.3, -0.25) is 0 Å². The Labute approximate surface area is 111 Å². The predicted octanol–water partition coefficient (Wildman–Crippen LogP) is 2.62. The third-order valence-corrected chi connectivity index (χ3v) is 4.80. The fourth-order valence-electron chi connectivity index (χ4n) is 3.69. The Balaban J connectivity index is 1.93. The van der Waals surface area contributed by atoms with Gasteiger partial charge in [0.2, 0.25) is 0 Å². The fraction of sp³-hybridized carbons (Fsp3) is 1.00. The first-order valence-electron chi connectivity index (χ1n) is 7.69. The third-order valence-electron chi connectivity index (χ3n) is 4.80. The van der Waals surface area contributed by atoms with Crippen LogP contribution in [0.5, 0.6) is 0 Å². The van der Waals surface area contributed by atoms with Crippen molar-refractivity contribution in [3.8, 4) is 0 Å². The zero-order valence-corrected chi connectivity index (χ0v) is 11.8. The van der Waals surface area contributed by atoms with Gasteiger partial charge in [0.05, 0.1) is 12.7 Å². The number of rotatable bonds is 4. The van der Waals surface area contributed by atoms with E-state index in [4.69, 9.17) is 4.74 Å². The van der Waals surface area contributed by atoms with Crippen LogP contribution in [0.25, 0.3) is 0 Å². The highest BCUT2D eigenvalue weighted by Gasteiger charge is 2.37. The number of methoxy groups -OCH3 is 1. The zero-order chi connectivity index (χ0) is 12.8. The van der Waals surface area contributed by atoms with Crippen molar-refractivity contribution in [3.05, 3.63) is 0 Å². The molecule has 0 spiro atoms. The number of hydrogen-bond donors (Lipinski definition) is 2. The molecule has 2 N–H and O–H groups in total. The lowest BCUT2D eigenvalue weighted by molar-refractivity contribution is 0.00448. The summed E-state index contributed by atoms with van der Waals surface area (Å²) in [6.45, 7) is 0.253. The Morgan fingerprint density at radius 1 is 1.11 bits per heavy atom. The largest absolute Gasteiger partial charge is 0.394 e. The molecule has 0 heterocycles. The second-order valence-corrected chi connectivity index (χ2v) is 6.23. The van der Waals surface area contributed by atoms with E-state index in [1.807, 2.05) is 0 Å². The molecule has 3 heteroatoms. The summed E-state index contributed by atoms with van der Waals surface area (Å²) >= 11 is 0. The maximum absolute atomic E-state index is 9.84. The quantitative estimate of drug-likeness (QED) is 0.759. The lowest BCUT2D eigenvalue weighted by Crippen LogP contribution is -2.56. The molecule has 2 fully saturated rings. The van der Waals surface area contributed by atoms with Crippen molar-refractivity contribution < 1.29 is 9.84 Å². The monoisotopic (exact) mass is 255 g/mol. The van der Waals surface area contributed by atoms with Gasteiger partial charge in [0, 0.05) is 18.7 Å². The van der Waals surface area contributed by atoms with Crippen LogP contribution in [0.4, 0.5) is 0 Å². The molecule has 0 aromatic carbocycles. The van der Waals surface area contributed by atoms with Gasteiger partial charge in [0.15, 0.2) is 0 Å². The molecular weight excluding hydrogens is 226 g/mol. The van der Waals surface area contributed by atoms with Crippen LogP contribution in [0.15, 0.2) is 0 Å². The van der Waals surface area contributed by atoms with Crippen LogP contribution < -0.4 is 5.32 Å². The Morgan fingerprint density at radius 2 is 1.83 bits per heavy atom. The molecule has 2 atom stereocenters. The Kier molecular flexibility index (Phi) is 5.46. The summed E-state index contributed by atoms with van der Waals surface area (Å²) in [5.74, 6) is 0. The van der Waals surface area contributed by atoms with E-state index in [0.717, 1.165) is 19.3 Å². The first-order chi connectivity index (χ1) is 8.78. The minimum Gasteiger partial charge on any atom is -0.394 e. The van der Waals surface area contributed by atoms with E-state index in [1.54, 1.807) is 7.11 Å². The molecule has 18 heavy (non-hydrogen) atoms. The maximum Gasteiger partial charge on any atom is 0.0614 e. The molecule has 0 saturated heterocycles. The van der Waals surface area contributed by atoms with Gasteiger partial charge in [-0.25, -0.2) is 0 Å². The third kappa shape index (κ3) is 3.69. The van der Waals surface area contributed by atoms with Crippen LogP contribution in [0.3, 0.4) is 0 Å². The van der Waals surface area contributed by atoms with E-state index >= 15 is 0 Å². The number of hydrogen-bond acceptors (Lipinski definition) is 3. The normalized spacial score (nSPS) is 35.3. The lowest BCUT2D eigenvalue weighted by atomic mass is 9.79. The molecule has 106 valence electrons. The zero-order valence-electron chi connectivity index (χ0n) is 11.8. The molecule has 0 amide bonds. The Hall–Kier alpha value is -0.120. The van der Waals surface area contributed by atoms with Crippen LogP contribution in [-0.2, 0) is 4.74 Å². The van der Waals surface area contributed by atoms with Gasteiger partial charge < -0.3 is 15.2 Å². The van der Waals surface area contributed by atoms with Gasteiger partial charge in [0.1, 0.15) is 0 Å². The molecule has 3 nitrogen and oxygen atoms in total. The highest BCUT2D eigenvalue weighted by Crippen LogP contribution is 2.31. The van der Waals surface area contributed by atoms with Crippen molar-refractivity contribution >= 4 is 0 Å². The van der Waals surface area contributed by atoms with Crippen molar-refractivity contribution in [3.63, 3.8) is 0 Å². The predicted molar refractivity (Wildman–Crippen MR) is 73.7 cm³/mol. The van der Waals surface area contributed by atoms with Gasteiger partial charge in [0.25, 0.3) is 0 Å². The lowest BCUT2D eigenvalue weighted by Gasteiger charge is -2.42. The molecule has 0 aromatic heterocycles. The maximum atomic E-state index is 9.84.